The monoisotopic (exact) mass is 338 g/mol. The fourth-order valence-electron chi connectivity index (χ4n) is 2.13. The van der Waals surface area contributed by atoms with Crippen LogP contribution in [0.25, 0.3) is 0 Å². The van der Waals surface area contributed by atoms with Crippen LogP contribution in [-0.4, -0.2) is 47.6 Å². The molecule has 1 rings (SSSR count). The Hall–Kier alpha value is -2.21. The van der Waals surface area contributed by atoms with Crippen LogP contribution in [0.5, 0.6) is 0 Å². The number of alkyl halides is 2. The second kappa shape index (κ2) is 8.59. The van der Waals surface area contributed by atoms with Crippen molar-refractivity contribution in [2.75, 3.05) is 14.1 Å². The van der Waals surface area contributed by atoms with E-state index in [1.807, 2.05) is 31.2 Å². The minimum absolute atomic E-state index is 0.312. The Bertz CT molecular complexity index is 610. The highest BCUT2D eigenvalue weighted by Gasteiger charge is 2.27. The molecule has 0 aromatic heterocycles. The van der Waals surface area contributed by atoms with E-state index in [1.165, 1.54) is 11.1 Å². The largest absolute Gasteiger partial charge is 0.383 e. The maximum Gasteiger partial charge on any atom is 0.279 e. The predicted molar refractivity (Wildman–Crippen MR) is 89.9 cm³/mol. The predicted octanol–water partition coefficient (Wildman–Crippen LogP) is 3.41. The van der Waals surface area contributed by atoms with Crippen molar-refractivity contribution in [2.45, 2.75) is 32.7 Å². The molecule has 0 bridgehead atoms. The van der Waals surface area contributed by atoms with Crippen molar-refractivity contribution in [1.82, 2.24) is 9.96 Å². The fraction of sp³-hybridized carbons (Fsp3) is 0.389. The van der Waals surface area contributed by atoms with Gasteiger partial charge in [-0.15, -0.1) is 0 Å². The average Bonchev–Trinajstić information content (AvgIpc) is 2.52. The number of carbonyl (C=O) groups excluding carboxylic acids is 1. The summed E-state index contributed by atoms with van der Waals surface area (Å²) in [7, 11) is 3.20. The van der Waals surface area contributed by atoms with Gasteiger partial charge in [-0.1, -0.05) is 36.4 Å². The van der Waals surface area contributed by atoms with E-state index in [0.717, 1.165) is 11.1 Å². The molecule has 1 aromatic carbocycles. The van der Waals surface area contributed by atoms with Crippen LogP contribution in [0.2, 0.25) is 0 Å². The molecule has 0 aliphatic carbocycles. The smallest absolute Gasteiger partial charge is 0.279 e. The van der Waals surface area contributed by atoms with Gasteiger partial charge < -0.3 is 4.90 Å². The van der Waals surface area contributed by atoms with Gasteiger partial charge in [-0.3, -0.25) is 10.0 Å². The molecule has 24 heavy (non-hydrogen) atoms. The Labute approximate surface area is 141 Å². The molecule has 0 aliphatic heterocycles. The first-order valence-corrected chi connectivity index (χ1v) is 7.57. The first-order valence-electron chi connectivity index (χ1n) is 7.57. The molecule has 0 saturated carbocycles. The highest BCUT2D eigenvalue weighted by Crippen LogP contribution is 2.20. The molecule has 1 unspecified atom stereocenters. The van der Waals surface area contributed by atoms with Gasteiger partial charge in [-0.2, -0.15) is 0 Å². The van der Waals surface area contributed by atoms with Crippen molar-refractivity contribution < 1.29 is 18.8 Å². The summed E-state index contributed by atoms with van der Waals surface area (Å²) in [6.45, 7) is 6.87. The molecule has 1 atom stereocenters. The van der Waals surface area contributed by atoms with Gasteiger partial charge >= 0.3 is 0 Å². The quantitative estimate of drug-likeness (QED) is 0.359. The lowest BCUT2D eigenvalue weighted by atomic mass is 10.0. The van der Waals surface area contributed by atoms with Crippen molar-refractivity contribution in [1.29, 1.82) is 0 Å². The van der Waals surface area contributed by atoms with E-state index in [-0.39, 0.29) is 5.57 Å². The Kier molecular flexibility index (Phi) is 7.10. The molecule has 0 aliphatic rings. The van der Waals surface area contributed by atoms with Gasteiger partial charge in [-0.05, 0) is 25.8 Å². The summed E-state index contributed by atoms with van der Waals surface area (Å²) in [4.78, 5) is 13.9. The Morgan fingerprint density at radius 1 is 1.29 bits per heavy atom. The van der Waals surface area contributed by atoms with Crippen molar-refractivity contribution in [3.05, 3.63) is 59.3 Å². The molecular formula is C18H24F2N2O2. The number of benzene rings is 1. The number of hydroxylamine groups is 2. The molecule has 0 saturated heterocycles. The van der Waals surface area contributed by atoms with Gasteiger partial charge in [0.1, 0.15) is 0 Å². The molecule has 0 heterocycles. The van der Waals surface area contributed by atoms with Crippen LogP contribution < -0.4 is 0 Å². The Morgan fingerprint density at radius 2 is 1.83 bits per heavy atom. The molecule has 6 heteroatoms. The third-order valence-electron chi connectivity index (χ3n) is 3.50. The highest BCUT2D eigenvalue weighted by molar-refractivity contribution is 5.97. The second-order valence-corrected chi connectivity index (χ2v) is 6.02. The molecule has 132 valence electrons. The summed E-state index contributed by atoms with van der Waals surface area (Å²) >= 11 is 0. The lowest BCUT2D eigenvalue weighted by molar-refractivity contribution is -0.169. The topological polar surface area (TPSA) is 43.8 Å². The Balaban J connectivity index is 2.92. The lowest BCUT2D eigenvalue weighted by Crippen LogP contribution is -2.39. The third-order valence-corrected chi connectivity index (χ3v) is 3.50. The zero-order chi connectivity index (χ0) is 18.4. The molecule has 0 fully saturated rings. The number of halogens is 2. The third kappa shape index (κ3) is 5.45. The van der Waals surface area contributed by atoms with Crippen molar-refractivity contribution in [3.8, 4) is 0 Å². The van der Waals surface area contributed by atoms with E-state index < -0.39 is 23.9 Å². The number of carbonyl (C=O) groups is 1. The van der Waals surface area contributed by atoms with Crippen LogP contribution in [0.4, 0.5) is 8.78 Å². The molecule has 1 amide bonds. The Morgan fingerprint density at radius 3 is 2.29 bits per heavy atom. The van der Waals surface area contributed by atoms with Gasteiger partial charge in [0.05, 0.1) is 11.6 Å². The van der Waals surface area contributed by atoms with Gasteiger partial charge in [0.2, 0.25) is 0 Å². The van der Waals surface area contributed by atoms with Crippen molar-refractivity contribution in [3.63, 3.8) is 0 Å². The standard InChI is InChI=1S/C18H24F2N2O2/c1-12-6-8-15(9-7-12)10-13(2)22(24)18(23)16(11-21(4)5)14(3)17(19)20/h6-9,11,13,17,24H,3,10H2,1-2,4-5H3/b16-11+. The highest BCUT2D eigenvalue weighted by atomic mass is 19.3. The van der Waals surface area contributed by atoms with E-state index >= 15 is 0 Å². The summed E-state index contributed by atoms with van der Waals surface area (Å²) in [6.07, 6.45) is -1.24. The van der Waals surface area contributed by atoms with Crippen molar-refractivity contribution >= 4 is 5.91 Å². The van der Waals surface area contributed by atoms with E-state index in [9.17, 15) is 18.8 Å². The summed E-state index contributed by atoms with van der Waals surface area (Å²) in [6, 6.07) is 7.09. The van der Waals surface area contributed by atoms with Gasteiger partial charge in [0, 0.05) is 25.9 Å². The van der Waals surface area contributed by atoms with Crippen LogP contribution in [0.1, 0.15) is 18.1 Å². The molecule has 4 nitrogen and oxygen atoms in total. The number of hydrogen-bond acceptors (Lipinski definition) is 3. The second-order valence-electron chi connectivity index (χ2n) is 6.02. The maximum atomic E-state index is 12.9. The minimum atomic E-state index is -2.87. The number of nitrogens with zero attached hydrogens (tertiary/aromatic N) is 2. The van der Waals surface area contributed by atoms with Gasteiger partial charge in [0.15, 0.2) is 0 Å². The number of rotatable bonds is 7. The summed E-state index contributed by atoms with van der Waals surface area (Å²) in [5, 5.41) is 10.6. The maximum absolute atomic E-state index is 12.9. The lowest BCUT2D eigenvalue weighted by Gasteiger charge is -2.25. The SMILES string of the molecule is C=C(/C(=C\N(C)C)C(=O)N(O)C(C)Cc1ccc(C)cc1)C(F)F. The van der Waals surface area contributed by atoms with Gasteiger partial charge in [-0.25, -0.2) is 13.8 Å². The summed E-state index contributed by atoms with van der Waals surface area (Å²) in [5.41, 5.74) is 1.11. The number of hydrogen-bond donors (Lipinski definition) is 1. The van der Waals surface area contributed by atoms with Gasteiger partial charge in [0.25, 0.3) is 12.3 Å². The van der Waals surface area contributed by atoms with Crippen LogP contribution in [0.3, 0.4) is 0 Å². The molecule has 1 N–H and O–H groups in total. The van der Waals surface area contributed by atoms with E-state index in [0.29, 0.717) is 11.5 Å². The van der Waals surface area contributed by atoms with Crippen molar-refractivity contribution in [2.24, 2.45) is 0 Å². The first kappa shape index (κ1) is 19.8. The first-order chi connectivity index (χ1) is 11.1. The van der Waals surface area contributed by atoms with E-state index in [4.69, 9.17) is 0 Å². The fourth-order valence-corrected chi connectivity index (χ4v) is 2.13. The number of aryl methyl sites for hydroxylation is 1. The van der Waals surface area contributed by atoms with Crippen LogP contribution in [0.15, 0.2) is 48.2 Å². The molecule has 1 aromatic rings. The molecule has 0 radical (unpaired) electrons. The normalized spacial score (nSPS) is 12.9. The zero-order valence-corrected chi connectivity index (χ0v) is 14.5. The zero-order valence-electron chi connectivity index (χ0n) is 14.5. The van der Waals surface area contributed by atoms with E-state index in [1.54, 1.807) is 21.0 Å². The van der Waals surface area contributed by atoms with E-state index in [2.05, 4.69) is 6.58 Å². The average molecular weight is 338 g/mol. The van der Waals surface area contributed by atoms with Crippen LogP contribution >= 0.6 is 0 Å². The molecule has 0 spiro atoms. The minimum Gasteiger partial charge on any atom is -0.383 e. The summed E-state index contributed by atoms with van der Waals surface area (Å²) < 4.78 is 25.9. The molecular weight excluding hydrogens is 314 g/mol. The summed E-state index contributed by atoms with van der Waals surface area (Å²) in [5.74, 6) is -0.895. The number of amides is 1. The van der Waals surface area contributed by atoms with Crippen LogP contribution in [-0.2, 0) is 11.2 Å². The van der Waals surface area contributed by atoms with Crippen LogP contribution in [0, 0.1) is 6.92 Å².